The fraction of sp³-hybridized carbons (Fsp3) is 0.818. The van der Waals surface area contributed by atoms with Crippen molar-refractivity contribution in [3.63, 3.8) is 0 Å². The lowest BCUT2D eigenvalue weighted by Crippen LogP contribution is -2.48. The van der Waals surface area contributed by atoms with Crippen LogP contribution in [0.2, 0.25) is 0 Å². The van der Waals surface area contributed by atoms with Crippen molar-refractivity contribution < 1.29 is 28.9 Å². The number of aliphatic carboxylic acids is 1. The monoisotopic (exact) mass is 259 g/mol. The highest BCUT2D eigenvalue weighted by molar-refractivity contribution is 5.78. The van der Waals surface area contributed by atoms with Gasteiger partial charge in [0.25, 0.3) is 0 Å². The maximum Gasteiger partial charge on any atom is 0.329 e. The Balaban J connectivity index is 1.72. The topological polar surface area (TPSA) is 85.3 Å². The van der Waals surface area contributed by atoms with Crippen LogP contribution in [0.4, 0.5) is 0 Å². The Morgan fingerprint density at radius 2 is 1.78 bits per heavy atom. The van der Waals surface area contributed by atoms with Crippen molar-refractivity contribution in [3.8, 4) is 0 Å². The lowest BCUT2D eigenvalue weighted by atomic mass is 10.0. The third-order valence-electron chi connectivity index (χ3n) is 3.14. The standard InChI is InChI=1S/C11H17NO6/c13-9(7-16-8-10(14)15)12-3-1-11(2-4-12)17-5-6-18-11/h1-8H2,(H,14,15). The summed E-state index contributed by atoms with van der Waals surface area (Å²) < 4.78 is 15.9. The van der Waals surface area contributed by atoms with Gasteiger partial charge >= 0.3 is 5.97 Å². The second-order valence-electron chi connectivity index (χ2n) is 4.37. The van der Waals surface area contributed by atoms with Crippen molar-refractivity contribution >= 4 is 11.9 Å². The van der Waals surface area contributed by atoms with Crippen LogP contribution in [0.5, 0.6) is 0 Å². The van der Waals surface area contributed by atoms with Crippen LogP contribution >= 0.6 is 0 Å². The normalized spacial score (nSPS) is 22.3. The van der Waals surface area contributed by atoms with Crippen molar-refractivity contribution in [2.24, 2.45) is 0 Å². The minimum absolute atomic E-state index is 0.191. The Labute approximate surface area is 105 Å². The summed E-state index contributed by atoms with van der Waals surface area (Å²) in [5, 5.41) is 8.39. The lowest BCUT2D eigenvalue weighted by molar-refractivity contribution is -0.188. The van der Waals surface area contributed by atoms with Crippen LogP contribution in [0.15, 0.2) is 0 Å². The zero-order valence-corrected chi connectivity index (χ0v) is 10.1. The largest absolute Gasteiger partial charge is 0.480 e. The molecule has 2 saturated heterocycles. The highest BCUT2D eigenvalue weighted by Gasteiger charge is 2.40. The van der Waals surface area contributed by atoms with E-state index in [1.165, 1.54) is 0 Å². The predicted octanol–water partition coefficient (Wildman–Crippen LogP) is -0.547. The van der Waals surface area contributed by atoms with Crippen molar-refractivity contribution in [3.05, 3.63) is 0 Å². The van der Waals surface area contributed by atoms with Gasteiger partial charge in [0, 0.05) is 25.9 Å². The first-order valence-electron chi connectivity index (χ1n) is 5.97. The third-order valence-corrected chi connectivity index (χ3v) is 3.14. The SMILES string of the molecule is O=C(O)COCC(=O)N1CCC2(CC1)OCCO2. The Morgan fingerprint density at radius 3 is 2.33 bits per heavy atom. The van der Waals surface area contributed by atoms with Crippen LogP contribution in [0.25, 0.3) is 0 Å². The first-order chi connectivity index (χ1) is 8.61. The van der Waals surface area contributed by atoms with Crippen LogP contribution in [-0.4, -0.2) is 67.2 Å². The molecule has 0 bridgehead atoms. The smallest absolute Gasteiger partial charge is 0.329 e. The van der Waals surface area contributed by atoms with Gasteiger partial charge in [0.05, 0.1) is 13.2 Å². The molecule has 0 aromatic rings. The van der Waals surface area contributed by atoms with E-state index < -0.39 is 18.4 Å². The molecule has 2 aliphatic heterocycles. The van der Waals surface area contributed by atoms with Crippen LogP contribution < -0.4 is 0 Å². The van der Waals surface area contributed by atoms with E-state index in [0.717, 1.165) is 0 Å². The lowest BCUT2D eigenvalue weighted by Gasteiger charge is -2.37. The van der Waals surface area contributed by atoms with E-state index in [1.807, 2.05) is 0 Å². The number of amides is 1. The molecule has 2 aliphatic rings. The molecule has 102 valence electrons. The van der Waals surface area contributed by atoms with Crippen LogP contribution in [0.1, 0.15) is 12.8 Å². The molecule has 0 radical (unpaired) electrons. The summed E-state index contributed by atoms with van der Waals surface area (Å²) in [5.74, 6) is -1.77. The molecule has 0 unspecified atom stereocenters. The number of likely N-dealkylation sites (tertiary alicyclic amines) is 1. The van der Waals surface area contributed by atoms with Gasteiger partial charge in [-0.3, -0.25) is 4.79 Å². The van der Waals surface area contributed by atoms with E-state index in [1.54, 1.807) is 4.90 Å². The number of rotatable bonds is 4. The summed E-state index contributed by atoms with van der Waals surface area (Å²) in [6.45, 7) is 1.67. The van der Waals surface area contributed by atoms with Crippen molar-refractivity contribution in [1.82, 2.24) is 4.90 Å². The number of nitrogens with zero attached hydrogens (tertiary/aromatic N) is 1. The summed E-state index contributed by atoms with van der Waals surface area (Å²) in [5.41, 5.74) is 0. The molecule has 18 heavy (non-hydrogen) atoms. The van der Waals surface area contributed by atoms with Crippen molar-refractivity contribution in [2.75, 3.05) is 39.5 Å². The Hall–Kier alpha value is -1.18. The molecule has 1 amide bonds. The molecular formula is C11H17NO6. The van der Waals surface area contributed by atoms with E-state index in [2.05, 4.69) is 0 Å². The van der Waals surface area contributed by atoms with Gasteiger partial charge in [-0.05, 0) is 0 Å². The van der Waals surface area contributed by atoms with Gasteiger partial charge in [0.1, 0.15) is 13.2 Å². The Morgan fingerprint density at radius 1 is 1.17 bits per heavy atom. The summed E-state index contributed by atoms with van der Waals surface area (Å²) in [6.07, 6.45) is 1.30. The van der Waals surface area contributed by atoms with Gasteiger partial charge in [0.15, 0.2) is 5.79 Å². The average molecular weight is 259 g/mol. The zero-order chi connectivity index (χ0) is 13.0. The molecular weight excluding hydrogens is 242 g/mol. The number of ether oxygens (including phenoxy) is 3. The highest BCUT2D eigenvalue weighted by atomic mass is 16.7. The van der Waals surface area contributed by atoms with E-state index in [-0.39, 0.29) is 12.5 Å². The predicted molar refractivity (Wildman–Crippen MR) is 58.9 cm³/mol. The first-order valence-corrected chi connectivity index (χ1v) is 5.97. The average Bonchev–Trinajstić information content (AvgIpc) is 2.78. The first kappa shape index (κ1) is 13.3. The number of piperidine rings is 1. The van der Waals surface area contributed by atoms with Gasteiger partial charge in [-0.1, -0.05) is 0 Å². The van der Waals surface area contributed by atoms with Crippen LogP contribution in [-0.2, 0) is 23.8 Å². The number of hydrogen-bond donors (Lipinski definition) is 1. The minimum atomic E-state index is -1.08. The maximum atomic E-state index is 11.7. The fourth-order valence-electron chi connectivity index (χ4n) is 2.20. The molecule has 0 aromatic heterocycles. The minimum Gasteiger partial charge on any atom is -0.480 e. The second kappa shape index (κ2) is 5.64. The Kier molecular flexibility index (Phi) is 4.15. The molecule has 7 heteroatoms. The number of carboxylic acid groups (broad SMARTS) is 1. The molecule has 0 aliphatic carbocycles. The molecule has 2 rings (SSSR count). The summed E-state index contributed by atoms with van der Waals surface area (Å²) in [4.78, 5) is 23.6. The molecule has 7 nitrogen and oxygen atoms in total. The van der Waals surface area contributed by atoms with E-state index in [0.29, 0.717) is 39.1 Å². The number of carbonyl (C=O) groups is 2. The fourth-order valence-corrected chi connectivity index (χ4v) is 2.20. The van der Waals surface area contributed by atoms with Gasteiger partial charge in [-0.2, -0.15) is 0 Å². The quantitative estimate of drug-likeness (QED) is 0.729. The molecule has 0 saturated carbocycles. The maximum absolute atomic E-state index is 11.7. The van der Waals surface area contributed by atoms with Crippen LogP contribution in [0.3, 0.4) is 0 Å². The molecule has 1 N–H and O–H groups in total. The van der Waals surface area contributed by atoms with E-state index >= 15 is 0 Å². The van der Waals surface area contributed by atoms with Gasteiger partial charge in [-0.25, -0.2) is 4.79 Å². The second-order valence-corrected chi connectivity index (χ2v) is 4.37. The van der Waals surface area contributed by atoms with Gasteiger partial charge in [0.2, 0.25) is 5.91 Å². The zero-order valence-electron chi connectivity index (χ0n) is 10.1. The molecule has 2 heterocycles. The Bertz CT molecular complexity index is 315. The molecule has 0 atom stereocenters. The number of hydrogen-bond acceptors (Lipinski definition) is 5. The molecule has 2 fully saturated rings. The molecule has 1 spiro atoms. The third kappa shape index (κ3) is 3.18. The van der Waals surface area contributed by atoms with Gasteiger partial charge in [-0.15, -0.1) is 0 Å². The van der Waals surface area contributed by atoms with Gasteiger partial charge < -0.3 is 24.2 Å². The van der Waals surface area contributed by atoms with E-state index in [9.17, 15) is 9.59 Å². The summed E-state index contributed by atoms with van der Waals surface area (Å²) >= 11 is 0. The van der Waals surface area contributed by atoms with E-state index in [4.69, 9.17) is 19.3 Å². The number of carboxylic acids is 1. The summed E-state index contributed by atoms with van der Waals surface area (Å²) in [7, 11) is 0. The molecule has 0 aromatic carbocycles. The van der Waals surface area contributed by atoms with Crippen molar-refractivity contribution in [1.29, 1.82) is 0 Å². The van der Waals surface area contributed by atoms with Crippen molar-refractivity contribution in [2.45, 2.75) is 18.6 Å². The van der Waals surface area contributed by atoms with Crippen LogP contribution in [0, 0.1) is 0 Å². The highest BCUT2D eigenvalue weighted by Crippen LogP contribution is 2.31. The summed E-state index contributed by atoms with van der Waals surface area (Å²) in [6, 6.07) is 0. The number of carbonyl (C=O) groups excluding carboxylic acids is 1.